The fraction of sp³-hybridized carbons (Fsp3) is 0.450. The van der Waals surface area contributed by atoms with Crippen LogP contribution in [0.3, 0.4) is 0 Å². The Morgan fingerprint density at radius 1 is 1.23 bits per heavy atom. The summed E-state index contributed by atoms with van der Waals surface area (Å²) in [5, 5.41) is 3.81. The van der Waals surface area contributed by atoms with Crippen molar-refractivity contribution in [2.24, 2.45) is 5.92 Å². The van der Waals surface area contributed by atoms with Crippen molar-refractivity contribution in [3.63, 3.8) is 0 Å². The zero-order valence-corrected chi connectivity index (χ0v) is 15.4. The summed E-state index contributed by atoms with van der Waals surface area (Å²) in [6, 6.07) is 10.3. The lowest BCUT2D eigenvalue weighted by atomic mass is 9.97. The molecule has 1 N–H and O–H groups in total. The molecule has 1 aromatic carbocycles. The highest BCUT2D eigenvalue weighted by atomic mass is 16.2. The van der Waals surface area contributed by atoms with Crippen molar-refractivity contribution in [1.29, 1.82) is 0 Å². The summed E-state index contributed by atoms with van der Waals surface area (Å²) in [4.78, 5) is 32.1. The Bertz CT molecular complexity index is 792. The van der Waals surface area contributed by atoms with Gasteiger partial charge in [0.05, 0.1) is 12.1 Å². The van der Waals surface area contributed by atoms with Crippen molar-refractivity contribution >= 4 is 22.7 Å². The van der Waals surface area contributed by atoms with Gasteiger partial charge in [-0.25, -0.2) is 0 Å². The van der Waals surface area contributed by atoms with Gasteiger partial charge in [-0.05, 0) is 36.1 Å². The number of carbonyl (C=O) groups is 2. The first-order valence-corrected chi connectivity index (χ1v) is 9.07. The van der Waals surface area contributed by atoms with Crippen LogP contribution >= 0.6 is 0 Å². The summed E-state index contributed by atoms with van der Waals surface area (Å²) < 4.78 is 0. The number of nitrogens with zero attached hydrogens (tertiary/aromatic N) is 3. The van der Waals surface area contributed by atoms with Crippen LogP contribution in [0.15, 0.2) is 36.5 Å². The van der Waals surface area contributed by atoms with E-state index in [1.807, 2.05) is 17.0 Å². The van der Waals surface area contributed by atoms with Crippen LogP contribution in [0.2, 0.25) is 0 Å². The molecule has 1 fully saturated rings. The van der Waals surface area contributed by atoms with E-state index < -0.39 is 0 Å². The van der Waals surface area contributed by atoms with Crippen LogP contribution in [-0.4, -0.2) is 66.4 Å². The number of nitrogens with one attached hydrogen (secondary N) is 1. The molecule has 3 rings (SSSR count). The highest BCUT2D eigenvalue weighted by molar-refractivity contribution is 5.79. The molecule has 138 valence electrons. The predicted molar refractivity (Wildman–Crippen MR) is 102 cm³/mol. The Balaban J connectivity index is 1.76. The second kappa shape index (κ2) is 8.27. The molecule has 1 saturated heterocycles. The summed E-state index contributed by atoms with van der Waals surface area (Å²) in [6.45, 7) is 4.93. The van der Waals surface area contributed by atoms with E-state index in [-0.39, 0.29) is 11.8 Å². The Morgan fingerprint density at radius 3 is 2.85 bits per heavy atom. The average Bonchev–Trinajstić information content (AvgIpc) is 2.83. The number of hydrogen-bond acceptors (Lipinski definition) is 4. The normalized spacial score (nSPS) is 18.5. The van der Waals surface area contributed by atoms with E-state index in [9.17, 15) is 9.59 Å². The van der Waals surface area contributed by atoms with Gasteiger partial charge in [0.15, 0.2) is 0 Å². The van der Waals surface area contributed by atoms with Crippen LogP contribution in [0, 0.1) is 5.92 Å². The van der Waals surface area contributed by atoms with Gasteiger partial charge in [-0.15, -0.1) is 0 Å². The van der Waals surface area contributed by atoms with E-state index in [0.29, 0.717) is 19.0 Å². The molecular formula is C20H26N4O2. The first-order chi connectivity index (χ1) is 12.5. The van der Waals surface area contributed by atoms with Crippen molar-refractivity contribution < 1.29 is 9.59 Å². The highest BCUT2D eigenvalue weighted by Crippen LogP contribution is 2.19. The van der Waals surface area contributed by atoms with E-state index >= 15 is 0 Å². The molecule has 26 heavy (non-hydrogen) atoms. The molecular weight excluding hydrogens is 328 g/mol. The van der Waals surface area contributed by atoms with Crippen molar-refractivity contribution in [3.8, 4) is 0 Å². The fourth-order valence-electron chi connectivity index (χ4n) is 3.61. The van der Waals surface area contributed by atoms with Gasteiger partial charge in [-0.2, -0.15) is 0 Å². The third-order valence-electron chi connectivity index (χ3n) is 4.96. The Labute approximate surface area is 154 Å². The van der Waals surface area contributed by atoms with Crippen molar-refractivity contribution in [3.05, 3.63) is 42.1 Å². The molecule has 1 atom stereocenters. The van der Waals surface area contributed by atoms with Crippen LogP contribution < -0.4 is 5.32 Å². The SMILES string of the molecule is CNC(=O)CN1CCN(C(C)=O)CC(Cc2ccc3ncccc3c2)C1. The molecule has 1 aromatic heterocycles. The lowest BCUT2D eigenvalue weighted by Gasteiger charge is -2.24. The number of fused-ring (bicyclic) bond motifs is 1. The molecule has 6 nitrogen and oxygen atoms in total. The summed E-state index contributed by atoms with van der Waals surface area (Å²) in [5.74, 6) is 0.400. The highest BCUT2D eigenvalue weighted by Gasteiger charge is 2.25. The molecule has 0 aliphatic carbocycles. The van der Waals surface area contributed by atoms with E-state index in [1.165, 1.54) is 5.56 Å². The first kappa shape index (κ1) is 18.3. The number of pyridine rings is 1. The predicted octanol–water partition coefficient (Wildman–Crippen LogP) is 1.30. The fourth-order valence-corrected chi connectivity index (χ4v) is 3.61. The van der Waals surface area contributed by atoms with Gasteiger partial charge in [0.2, 0.25) is 11.8 Å². The van der Waals surface area contributed by atoms with E-state index in [4.69, 9.17) is 0 Å². The number of hydrogen-bond donors (Lipinski definition) is 1. The minimum absolute atomic E-state index is 0.0109. The Kier molecular flexibility index (Phi) is 5.83. The Morgan fingerprint density at radius 2 is 2.08 bits per heavy atom. The van der Waals surface area contributed by atoms with Gasteiger partial charge in [0, 0.05) is 51.7 Å². The monoisotopic (exact) mass is 354 g/mol. The van der Waals surface area contributed by atoms with Crippen molar-refractivity contribution in [2.45, 2.75) is 13.3 Å². The maximum atomic E-state index is 11.9. The van der Waals surface area contributed by atoms with Gasteiger partial charge in [0.25, 0.3) is 0 Å². The van der Waals surface area contributed by atoms with Gasteiger partial charge in [-0.1, -0.05) is 12.1 Å². The molecule has 1 unspecified atom stereocenters. The lowest BCUT2D eigenvalue weighted by Crippen LogP contribution is -2.39. The Hall–Kier alpha value is -2.47. The van der Waals surface area contributed by atoms with Crippen molar-refractivity contribution in [1.82, 2.24) is 20.1 Å². The van der Waals surface area contributed by atoms with E-state index in [2.05, 4.69) is 33.4 Å². The molecule has 0 radical (unpaired) electrons. The number of likely N-dealkylation sites (N-methyl/N-ethyl adjacent to an activating group) is 1. The van der Waals surface area contributed by atoms with E-state index in [1.54, 1.807) is 20.2 Å². The second-order valence-electron chi connectivity index (χ2n) is 6.97. The summed E-state index contributed by atoms with van der Waals surface area (Å²) in [5.41, 5.74) is 2.23. The molecule has 2 heterocycles. The van der Waals surface area contributed by atoms with Gasteiger partial charge in [0.1, 0.15) is 0 Å². The largest absolute Gasteiger partial charge is 0.358 e. The number of aromatic nitrogens is 1. The van der Waals surface area contributed by atoms with Gasteiger partial charge >= 0.3 is 0 Å². The zero-order valence-electron chi connectivity index (χ0n) is 15.4. The quantitative estimate of drug-likeness (QED) is 0.899. The third kappa shape index (κ3) is 4.58. The maximum Gasteiger partial charge on any atom is 0.233 e. The first-order valence-electron chi connectivity index (χ1n) is 9.07. The molecule has 1 aliphatic heterocycles. The number of rotatable bonds is 4. The summed E-state index contributed by atoms with van der Waals surface area (Å²) in [7, 11) is 1.66. The smallest absolute Gasteiger partial charge is 0.233 e. The molecule has 2 amide bonds. The summed E-state index contributed by atoms with van der Waals surface area (Å²) in [6.07, 6.45) is 2.67. The van der Waals surface area contributed by atoms with E-state index in [0.717, 1.165) is 37.0 Å². The second-order valence-corrected chi connectivity index (χ2v) is 6.97. The molecule has 1 aliphatic rings. The molecule has 0 saturated carbocycles. The maximum absolute atomic E-state index is 11.9. The third-order valence-corrected chi connectivity index (χ3v) is 4.96. The molecule has 0 spiro atoms. The van der Waals surface area contributed by atoms with Crippen LogP contribution in [0.1, 0.15) is 12.5 Å². The van der Waals surface area contributed by atoms with Gasteiger partial charge in [-0.3, -0.25) is 19.5 Å². The van der Waals surface area contributed by atoms with Crippen LogP contribution in [0.25, 0.3) is 10.9 Å². The summed E-state index contributed by atoms with van der Waals surface area (Å²) >= 11 is 0. The van der Waals surface area contributed by atoms with Gasteiger partial charge < -0.3 is 10.2 Å². The van der Waals surface area contributed by atoms with Crippen molar-refractivity contribution in [2.75, 3.05) is 39.8 Å². The number of carbonyl (C=O) groups excluding carboxylic acids is 2. The number of benzene rings is 1. The minimum Gasteiger partial charge on any atom is -0.358 e. The number of amides is 2. The molecule has 6 heteroatoms. The van der Waals surface area contributed by atoms with Crippen LogP contribution in [0.4, 0.5) is 0 Å². The zero-order chi connectivity index (χ0) is 18.5. The van der Waals surface area contributed by atoms with Crippen LogP contribution in [-0.2, 0) is 16.0 Å². The minimum atomic E-state index is 0.0109. The topological polar surface area (TPSA) is 65.5 Å². The molecule has 0 bridgehead atoms. The average molecular weight is 354 g/mol. The lowest BCUT2D eigenvalue weighted by molar-refractivity contribution is -0.129. The standard InChI is InChI=1S/C20H26N4O2/c1-15(25)24-9-8-23(14-20(26)21-2)12-17(13-24)10-16-5-6-19-18(11-16)4-3-7-22-19/h3-7,11,17H,8-10,12-14H2,1-2H3,(H,21,26). The molecule has 2 aromatic rings. The van der Waals surface area contributed by atoms with Crippen LogP contribution in [0.5, 0.6) is 0 Å².